The fourth-order valence-electron chi connectivity index (χ4n) is 1.61. The predicted molar refractivity (Wildman–Crippen MR) is 59.7 cm³/mol. The molecule has 0 aromatic heterocycles. The normalized spacial score (nSPS) is 26.1. The molecule has 1 unspecified atom stereocenters. The molecular formula is C12H18FNO2. The Morgan fingerprint density at radius 3 is 2.69 bits per heavy atom. The van der Waals surface area contributed by atoms with Gasteiger partial charge in [-0.15, -0.1) is 6.42 Å². The molecule has 1 aliphatic heterocycles. The highest BCUT2D eigenvalue weighted by Gasteiger charge is 2.37. The first-order valence-electron chi connectivity index (χ1n) is 5.40. The van der Waals surface area contributed by atoms with E-state index in [-0.39, 0.29) is 6.54 Å². The van der Waals surface area contributed by atoms with Gasteiger partial charge in [0.15, 0.2) is 5.67 Å². The number of carbonyl (C=O) groups excluding carboxylic acids is 1. The average molecular weight is 227 g/mol. The summed E-state index contributed by atoms with van der Waals surface area (Å²) in [6, 6.07) is 0. The van der Waals surface area contributed by atoms with Crippen molar-refractivity contribution in [2.24, 2.45) is 0 Å². The first-order chi connectivity index (χ1) is 7.26. The molecule has 4 heteroatoms. The Hall–Kier alpha value is -1.24. The first kappa shape index (κ1) is 12.8. The highest BCUT2D eigenvalue weighted by atomic mass is 19.1. The van der Waals surface area contributed by atoms with Crippen LogP contribution in [-0.4, -0.2) is 35.4 Å². The lowest BCUT2D eigenvalue weighted by atomic mass is 9.96. The van der Waals surface area contributed by atoms with Gasteiger partial charge in [-0.2, -0.15) is 0 Å². The second kappa shape index (κ2) is 4.32. The number of ether oxygens (including phenoxy) is 1. The van der Waals surface area contributed by atoms with Crippen LogP contribution in [0.2, 0.25) is 0 Å². The molecule has 1 rings (SSSR count). The minimum atomic E-state index is -1.70. The van der Waals surface area contributed by atoms with Gasteiger partial charge in [0.25, 0.3) is 0 Å². The van der Waals surface area contributed by atoms with E-state index in [4.69, 9.17) is 11.2 Å². The van der Waals surface area contributed by atoms with Gasteiger partial charge in [0.1, 0.15) is 5.60 Å². The first-order valence-corrected chi connectivity index (χ1v) is 5.40. The van der Waals surface area contributed by atoms with Crippen LogP contribution in [0.15, 0.2) is 0 Å². The predicted octanol–water partition coefficient (Wildman–Crippen LogP) is 2.36. The fourth-order valence-corrected chi connectivity index (χ4v) is 1.61. The number of carbonyl (C=O) groups is 1. The van der Waals surface area contributed by atoms with Gasteiger partial charge in [0, 0.05) is 6.54 Å². The number of alkyl halides is 1. The highest BCUT2D eigenvalue weighted by molar-refractivity contribution is 5.68. The summed E-state index contributed by atoms with van der Waals surface area (Å²) < 4.78 is 19.0. The lowest BCUT2D eigenvalue weighted by molar-refractivity contribution is 0.00621. The molecule has 1 aliphatic rings. The van der Waals surface area contributed by atoms with E-state index >= 15 is 0 Å². The van der Waals surface area contributed by atoms with Gasteiger partial charge in [-0.25, -0.2) is 9.18 Å². The van der Waals surface area contributed by atoms with E-state index in [1.807, 2.05) is 0 Å². The van der Waals surface area contributed by atoms with E-state index in [0.717, 1.165) is 0 Å². The van der Waals surface area contributed by atoms with Crippen LogP contribution < -0.4 is 0 Å². The Morgan fingerprint density at radius 2 is 2.19 bits per heavy atom. The summed E-state index contributed by atoms with van der Waals surface area (Å²) in [6.45, 7) is 5.76. The van der Waals surface area contributed by atoms with Crippen molar-refractivity contribution >= 4 is 6.09 Å². The Labute approximate surface area is 95.9 Å². The lowest BCUT2D eigenvalue weighted by Crippen LogP contribution is -2.48. The van der Waals surface area contributed by atoms with Gasteiger partial charge < -0.3 is 9.64 Å². The van der Waals surface area contributed by atoms with E-state index in [1.54, 1.807) is 20.8 Å². The summed E-state index contributed by atoms with van der Waals surface area (Å²) in [6.07, 6.45) is 5.51. The minimum absolute atomic E-state index is 0.0710. The highest BCUT2D eigenvalue weighted by Crippen LogP contribution is 2.25. The molecule has 3 nitrogen and oxygen atoms in total. The molecule has 0 spiro atoms. The molecule has 1 saturated heterocycles. The number of rotatable bonds is 0. The van der Waals surface area contributed by atoms with Crippen molar-refractivity contribution in [1.82, 2.24) is 4.90 Å². The van der Waals surface area contributed by atoms with Crippen molar-refractivity contribution in [2.45, 2.75) is 44.9 Å². The molecule has 1 fully saturated rings. The molecule has 0 aromatic rings. The van der Waals surface area contributed by atoms with Crippen molar-refractivity contribution in [2.75, 3.05) is 13.1 Å². The molecule has 1 amide bonds. The lowest BCUT2D eigenvalue weighted by Gasteiger charge is -2.35. The van der Waals surface area contributed by atoms with Crippen LogP contribution in [0, 0.1) is 12.3 Å². The van der Waals surface area contributed by atoms with Crippen LogP contribution in [0.1, 0.15) is 33.6 Å². The number of likely N-dealkylation sites (tertiary alicyclic amines) is 1. The molecule has 0 aromatic carbocycles. The van der Waals surface area contributed by atoms with E-state index in [2.05, 4.69) is 5.92 Å². The van der Waals surface area contributed by atoms with E-state index in [0.29, 0.717) is 19.4 Å². The van der Waals surface area contributed by atoms with Crippen LogP contribution in [0.5, 0.6) is 0 Å². The third kappa shape index (κ3) is 3.41. The Bertz CT molecular complexity index is 316. The van der Waals surface area contributed by atoms with Gasteiger partial charge in [-0.3, -0.25) is 0 Å². The van der Waals surface area contributed by atoms with Crippen molar-refractivity contribution in [1.29, 1.82) is 0 Å². The summed E-state index contributed by atoms with van der Waals surface area (Å²) in [5.41, 5.74) is -2.27. The second-order valence-corrected chi connectivity index (χ2v) is 5.12. The van der Waals surface area contributed by atoms with Gasteiger partial charge in [-0.05, 0) is 33.6 Å². The molecule has 1 atom stereocenters. The smallest absolute Gasteiger partial charge is 0.410 e. The van der Waals surface area contributed by atoms with Crippen LogP contribution in [0.25, 0.3) is 0 Å². The fraction of sp³-hybridized carbons (Fsp3) is 0.750. The Morgan fingerprint density at radius 1 is 1.56 bits per heavy atom. The third-order valence-corrected chi connectivity index (χ3v) is 2.35. The van der Waals surface area contributed by atoms with Gasteiger partial charge in [0.2, 0.25) is 0 Å². The molecule has 0 radical (unpaired) electrons. The topological polar surface area (TPSA) is 29.5 Å². The molecule has 0 N–H and O–H groups in total. The summed E-state index contributed by atoms with van der Waals surface area (Å²) in [4.78, 5) is 13.0. The minimum Gasteiger partial charge on any atom is -0.444 e. The molecule has 0 saturated carbocycles. The van der Waals surface area contributed by atoms with Gasteiger partial charge in [0.05, 0.1) is 6.54 Å². The van der Waals surface area contributed by atoms with Gasteiger partial charge >= 0.3 is 6.09 Å². The summed E-state index contributed by atoms with van der Waals surface area (Å²) in [5.74, 6) is 2.11. The number of piperidine rings is 1. The number of hydrogen-bond acceptors (Lipinski definition) is 2. The van der Waals surface area contributed by atoms with Crippen molar-refractivity contribution < 1.29 is 13.9 Å². The quantitative estimate of drug-likeness (QED) is 0.594. The Kier molecular flexibility index (Phi) is 3.47. The largest absolute Gasteiger partial charge is 0.444 e. The van der Waals surface area contributed by atoms with Crippen LogP contribution in [0.3, 0.4) is 0 Å². The van der Waals surface area contributed by atoms with Crippen molar-refractivity contribution in [3.05, 3.63) is 0 Å². The van der Waals surface area contributed by atoms with Crippen LogP contribution >= 0.6 is 0 Å². The molecular weight excluding hydrogens is 209 g/mol. The zero-order valence-corrected chi connectivity index (χ0v) is 10.0. The number of terminal acetylenes is 1. The zero-order valence-electron chi connectivity index (χ0n) is 10.0. The van der Waals surface area contributed by atoms with Crippen molar-refractivity contribution in [3.8, 4) is 12.3 Å². The summed E-state index contributed by atoms with van der Waals surface area (Å²) in [5, 5.41) is 0. The molecule has 1 heterocycles. The monoisotopic (exact) mass is 227 g/mol. The zero-order chi connectivity index (χ0) is 12.4. The maximum atomic E-state index is 13.9. The number of halogens is 1. The summed E-state index contributed by atoms with van der Waals surface area (Å²) >= 11 is 0. The molecule has 0 bridgehead atoms. The average Bonchev–Trinajstić information content (AvgIpc) is 2.15. The maximum absolute atomic E-state index is 13.9. The second-order valence-electron chi connectivity index (χ2n) is 5.12. The van der Waals surface area contributed by atoms with E-state index < -0.39 is 17.4 Å². The molecule has 16 heavy (non-hydrogen) atoms. The number of hydrogen-bond donors (Lipinski definition) is 0. The Balaban J connectivity index is 2.62. The van der Waals surface area contributed by atoms with Gasteiger partial charge in [-0.1, -0.05) is 5.92 Å². The molecule has 90 valence electrons. The van der Waals surface area contributed by atoms with Crippen molar-refractivity contribution in [3.63, 3.8) is 0 Å². The van der Waals surface area contributed by atoms with Crippen LogP contribution in [0.4, 0.5) is 9.18 Å². The van der Waals surface area contributed by atoms with E-state index in [9.17, 15) is 9.18 Å². The number of nitrogens with zero attached hydrogens (tertiary/aromatic N) is 1. The SMILES string of the molecule is C#CC1(F)CCCN(C(=O)OC(C)(C)C)C1. The third-order valence-electron chi connectivity index (χ3n) is 2.35. The molecule has 0 aliphatic carbocycles. The summed E-state index contributed by atoms with van der Waals surface area (Å²) in [7, 11) is 0. The number of amides is 1. The van der Waals surface area contributed by atoms with E-state index in [1.165, 1.54) is 4.90 Å². The van der Waals surface area contributed by atoms with Crippen LogP contribution in [-0.2, 0) is 4.74 Å². The maximum Gasteiger partial charge on any atom is 0.410 e. The standard InChI is InChI=1S/C12H18FNO2/c1-5-12(13)7-6-8-14(9-12)10(15)16-11(2,3)4/h1H,6-9H2,2-4H3.